The summed E-state index contributed by atoms with van der Waals surface area (Å²) in [5.41, 5.74) is 20.9. The van der Waals surface area contributed by atoms with Crippen LogP contribution < -0.4 is 4.74 Å². The molecule has 0 spiro atoms. The summed E-state index contributed by atoms with van der Waals surface area (Å²) in [6.45, 7) is 15.8. The van der Waals surface area contributed by atoms with Gasteiger partial charge in [0.1, 0.15) is 5.75 Å². The molecule has 3 nitrogen and oxygen atoms in total. The molecule has 2 aromatic heterocycles. The molecule has 7 aromatic carbocycles. The van der Waals surface area contributed by atoms with Crippen LogP contribution in [0.25, 0.3) is 67.2 Å². The minimum absolute atomic E-state index is 0.0247. The minimum Gasteiger partial charge on any atom is -0.496 e. The first-order valence-electron chi connectivity index (χ1n) is 23.1. The third kappa shape index (κ3) is 7.63. The lowest BCUT2D eigenvalue weighted by atomic mass is 9.67. The van der Waals surface area contributed by atoms with Crippen LogP contribution in [0, 0.1) is 6.92 Å². The number of pyridine rings is 2. The van der Waals surface area contributed by atoms with Gasteiger partial charge in [0, 0.05) is 22.4 Å². The van der Waals surface area contributed by atoms with Crippen molar-refractivity contribution in [2.45, 2.75) is 64.7 Å². The molecule has 0 amide bonds. The number of benzene rings is 7. The number of aromatic nitrogens is 2. The largest absolute Gasteiger partial charge is 0.496 e. The topological polar surface area (TPSA) is 35.0 Å². The van der Waals surface area contributed by atoms with E-state index in [1.54, 1.807) is 7.11 Å². The fourth-order valence-electron chi connectivity index (χ4n) is 9.94. The lowest BCUT2D eigenvalue weighted by Gasteiger charge is -2.34. The Hall–Kier alpha value is -7.36. The Kier molecular flexibility index (Phi) is 10.7. The summed E-state index contributed by atoms with van der Waals surface area (Å²) in [5, 5.41) is 0. The lowest BCUT2D eigenvalue weighted by molar-refractivity contribution is 0.416. The SMILES string of the molecule is COc1ccccc1-c1cc(-c2cc(C(C)(C)C)cc(C(C)(C)C)c2)cc(-c2cccc(-c3cc(-c4ccc5c(c4)C(c4ccccc4)(c4ccccc4)c4ccccc4-5)cc(C)n3)c2)n1. The predicted octanol–water partition coefficient (Wildman–Crippen LogP) is 16.1. The van der Waals surface area contributed by atoms with Gasteiger partial charge < -0.3 is 4.74 Å². The lowest BCUT2D eigenvalue weighted by Crippen LogP contribution is -2.28. The standard InChI is InChI=1S/C63H56N2O/c1-41-32-45(42-30-31-53-52-26-15-17-28-55(52)63(56(53)36-42,48-22-11-9-12-23-48)49-24-13-10-14-25-49)37-57(64-41)43-20-19-21-44(33-43)58-38-47(39-59(65-58)54-27-16-18-29-60(54)66-8)46-34-50(61(2,3)4)40-51(35-46)62(5,6)7/h9-40H,1-8H3. The Bertz CT molecular complexity index is 3190. The highest BCUT2D eigenvalue weighted by molar-refractivity contribution is 5.89. The molecule has 0 fully saturated rings. The van der Waals surface area contributed by atoms with Crippen LogP contribution in [0.2, 0.25) is 0 Å². The molecule has 0 aliphatic heterocycles. The fourth-order valence-corrected chi connectivity index (χ4v) is 9.94. The van der Waals surface area contributed by atoms with Crippen LogP contribution in [0.4, 0.5) is 0 Å². The highest BCUT2D eigenvalue weighted by atomic mass is 16.5. The molecule has 9 aromatic rings. The van der Waals surface area contributed by atoms with Gasteiger partial charge in [0.2, 0.25) is 0 Å². The van der Waals surface area contributed by atoms with Gasteiger partial charge >= 0.3 is 0 Å². The van der Waals surface area contributed by atoms with Crippen molar-refractivity contribution in [3.8, 4) is 72.9 Å². The second kappa shape index (κ2) is 16.6. The summed E-state index contributed by atoms with van der Waals surface area (Å²) < 4.78 is 5.90. The number of aryl methyl sites for hydroxylation is 1. The third-order valence-corrected chi connectivity index (χ3v) is 13.4. The smallest absolute Gasteiger partial charge is 0.128 e. The second-order valence-electron chi connectivity index (χ2n) is 19.9. The van der Waals surface area contributed by atoms with E-state index < -0.39 is 5.41 Å². The van der Waals surface area contributed by atoms with Gasteiger partial charge in [0.05, 0.1) is 29.6 Å². The maximum Gasteiger partial charge on any atom is 0.128 e. The van der Waals surface area contributed by atoms with Crippen molar-refractivity contribution in [3.05, 3.63) is 233 Å². The average Bonchev–Trinajstić information content (AvgIpc) is 3.64. The summed E-state index contributed by atoms with van der Waals surface area (Å²) in [6.07, 6.45) is 0. The maximum atomic E-state index is 5.90. The van der Waals surface area contributed by atoms with Gasteiger partial charge in [-0.1, -0.05) is 187 Å². The normalized spacial score (nSPS) is 13.0. The van der Waals surface area contributed by atoms with Crippen LogP contribution >= 0.6 is 0 Å². The summed E-state index contributed by atoms with van der Waals surface area (Å²) in [5.74, 6) is 0.789. The quantitative estimate of drug-likeness (QED) is 0.153. The van der Waals surface area contributed by atoms with E-state index in [-0.39, 0.29) is 10.8 Å². The summed E-state index contributed by atoms with van der Waals surface area (Å²) in [7, 11) is 1.73. The van der Waals surface area contributed by atoms with Crippen molar-refractivity contribution in [3.63, 3.8) is 0 Å². The first-order valence-corrected chi connectivity index (χ1v) is 23.1. The maximum absolute atomic E-state index is 5.90. The molecule has 10 rings (SSSR count). The monoisotopic (exact) mass is 856 g/mol. The minimum atomic E-state index is -0.476. The number of methoxy groups -OCH3 is 1. The van der Waals surface area contributed by atoms with E-state index in [2.05, 4.69) is 230 Å². The number of rotatable bonds is 8. The van der Waals surface area contributed by atoms with Crippen LogP contribution in [0.3, 0.4) is 0 Å². The van der Waals surface area contributed by atoms with E-state index >= 15 is 0 Å². The van der Waals surface area contributed by atoms with E-state index in [1.807, 2.05) is 12.1 Å². The van der Waals surface area contributed by atoms with Gasteiger partial charge in [-0.2, -0.15) is 0 Å². The first-order chi connectivity index (χ1) is 31.8. The van der Waals surface area contributed by atoms with Gasteiger partial charge in [-0.3, -0.25) is 4.98 Å². The molecule has 0 bridgehead atoms. The zero-order chi connectivity index (χ0) is 45.8. The molecular weight excluding hydrogens is 801 g/mol. The van der Waals surface area contributed by atoms with Gasteiger partial charge in [-0.15, -0.1) is 0 Å². The molecule has 0 atom stereocenters. The van der Waals surface area contributed by atoms with E-state index in [9.17, 15) is 0 Å². The van der Waals surface area contributed by atoms with E-state index in [0.717, 1.165) is 61.9 Å². The van der Waals surface area contributed by atoms with Crippen molar-refractivity contribution in [1.82, 2.24) is 9.97 Å². The fraction of sp³-hybridized carbons (Fsp3) is 0.175. The van der Waals surface area contributed by atoms with Crippen LogP contribution in [0.15, 0.2) is 194 Å². The number of hydrogen-bond donors (Lipinski definition) is 0. The van der Waals surface area contributed by atoms with Crippen molar-refractivity contribution in [2.24, 2.45) is 0 Å². The van der Waals surface area contributed by atoms with Crippen molar-refractivity contribution < 1.29 is 4.74 Å². The summed E-state index contributed by atoms with van der Waals surface area (Å²) in [6, 6.07) is 70.8. The zero-order valence-electron chi connectivity index (χ0n) is 39.3. The molecule has 0 saturated carbocycles. The Balaban J connectivity index is 1.11. The van der Waals surface area contributed by atoms with Crippen molar-refractivity contribution >= 4 is 0 Å². The molecule has 0 unspecified atom stereocenters. The Morgan fingerprint density at radius 1 is 0.379 bits per heavy atom. The molecule has 66 heavy (non-hydrogen) atoms. The zero-order valence-corrected chi connectivity index (χ0v) is 39.3. The Morgan fingerprint density at radius 2 is 0.894 bits per heavy atom. The molecule has 3 heteroatoms. The molecule has 1 aliphatic rings. The van der Waals surface area contributed by atoms with Crippen molar-refractivity contribution in [1.29, 1.82) is 0 Å². The molecule has 2 heterocycles. The predicted molar refractivity (Wildman–Crippen MR) is 275 cm³/mol. The van der Waals surface area contributed by atoms with Crippen molar-refractivity contribution in [2.75, 3.05) is 7.11 Å². The van der Waals surface area contributed by atoms with Gasteiger partial charge in [0.25, 0.3) is 0 Å². The average molecular weight is 857 g/mol. The summed E-state index contributed by atoms with van der Waals surface area (Å²) in [4.78, 5) is 10.6. The molecule has 1 aliphatic carbocycles. The Morgan fingerprint density at radius 3 is 1.52 bits per heavy atom. The number of hydrogen-bond acceptors (Lipinski definition) is 3. The van der Waals surface area contributed by atoms with Crippen LogP contribution in [-0.4, -0.2) is 17.1 Å². The van der Waals surface area contributed by atoms with Gasteiger partial charge in [0.15, 0.2) is 0 Å². The van der Waals surface area contributed by atoms with E-state index in [0.29, 0.717) is 0 Å². The highest BCUT2D eigenvalue weighted by Gasteiger charge is 2.46. The van der Waals surface area contributed by atoms with Crippen LogP contribution in [0.1, 0.15) is 80.6 Å². The molecule has 0 saturated heterocycles. The molecule has 0 radical (unpaired) electrons. The molecule has 0 N–H and O–H groups in total. The Labute approximate surface area is 390 Å². The highest BCUT2D eigenvalue weighted by Crippen LogP contribution is 2.56. The van der Waals surface area contributed by atoms with Crippen LogP contribution in [0.5, 0.6) is 5.75 Å². The second-order valence-corrected chi connectivity index (χ2v) is 19.9. The molecule has 324 valence electrons. The number of fused-ring (bicyclic) bond motifs is 3. The number of nitrogens with zero attached hydrogens (tertiary/aromatic N) is 2. The van der Waals surface area contributed by atoms with Gasteiger partial charge in [-0.25, -0.2) is 4.98 Å². The number of ether oxygens (including phenoxy) is 1. The van der Waals surface area contributed by atoms with E-state index in [4.69, 9.17) is 14.7 Å². The third-order valence-electron chi connectivity index (χ3n) is 13.4. The van der Waals surface area contributed by atoms with Crippen LogP contribution in [-0.2, 0) is 16.2 Å². The number of para-hydroxylation sites is 1. The molecular formula is C63H56N2O. The van der Waals surface area contributed by atoms with E-state index in [1.165, 1.54) is 50.1 Å². The summed E-state index contributed by atoms with van der Waals surface area (Å²) >= 11 is 0. The van der Waals surface area contributed by atoms with Gasteiger partial charge in [-0.05, 0) is 133 Å². The first kappa shape index (κ1) is 42.6.